The number of hydrogen-bond acceptors (Lipinski definition) is 3. The lowest BCUT2D eigenvalue weighted by Crippen LogP contribution is -2.15. The van der Waals surface area contributed by atoms with Crippen LogP contribution in [0.3, 0.4) is 0 Å². The fourth-order valence-electron chi connectivity index (χ4n) is 0.575. The van der Waals surface area contributed by atoms with Gasteiger partial charge in [0, 0.05) is 0 Å². The van der Waals surface area contributed by atoms with Gasteiger partial charge in [-0.25, -0.2) is 4.99 Å². The van der Waals surface area contributed by atoms with E-state index >= 15 is 0 Å². The van der Waals surface area contributed by atoms with Crippen LogP contribution in [0, 0.1) is 6.67 Å². The predicted molar refractivity (Wildman–Crippen MR) is 31.4 cm³/mol. The van der Waals surface area contributed by atoms with Gasteiger partial charge in [-0.05, 0) is 7.05 Å². The van der Waals surface area contributed by atoms with E-state index in [1.54, 1.807) is 13.8 Å². The van der Waals surface area contributed by atoms with E-state index in [2.05, 4.69) is 4.99 Å². The summed E-state index contributed by atoms with van der Waals surface area (Å²) in [6.45, 7) is 2.55. The molecular weight excluding hydrogens is 104 g/mol. The molecule has 0 aromatic heterocycles. The van der Waals surface area contributed by atoms with Gasteiger partial charge in [-0.2, -0.15) is 0 Å². The Balaban J connectivity index is 2.37. The summed E-state index contributed by atoms with van der Waals surface area (Å²) in [5.41, 5.74) is 0. The lowest BCUT2D eigenvalue weighted by atomic mass is 10.6. The molecule has 1 rings (SSSR count). The summed E-state index contributed by atoms with van der Waals surface area (Å²) in [5.74, 6) is 0.785. The number of ether oxygens (including phenoxy) is 1. The molecular formula is C5H9N2O. The summed E-state index contributed by atoms with van der Waals surface area (Å²) in [4.78, 5) is 5.89. The lowest BCUT2D eigenvalue weighted by Gasteiger charge is -2.01. The first-order valence-electron chi connectivity index (χ1n) is 2.47. The van der Waals surface area contributed by atoms with Gasteiger partial charge in [0.2, 0.25) is 0 Å². The van der Waals surface area contributed by atoms with Crippen LogP contribution in [0.15, 0.2) is 4.99 Å². The van der Waals surface area contributed by atoms with Crippen molar-refractivity contribution in [3.8, 4) is 0 Å². The second-order valence-electron chi connectivity index (χ2n) is 1.76. The average molecular weight is 113 g/mol. The molecule has 0 saturated heterocycles. The molecule has 1 aliphatic rings. The van der Waals surface area contributed by atoms with E-state index in [4.69, 9.17) is 4.74 Å². The molecule has 0 atom stereocenters. The van der Waals surface area contributed by atoms with Gasteiger partial charge in [0.1, 0.15) is 6.67 Å². The molecule has 0 fully saturated rings. The number of likely N-dealkylation sites (N-methyl/N-ethyl adjacent to an activating group) is 1. The molecule has 1 heterocycles. The minimum atomic E-state index is 0.785. The van der Waals surface area contributed by atoms with Crippen molar-refractivity contribution in [3.63, 3.8) is 0 Å². The third-order valence-corrected chi connectivity index (χ3v) is 1.02. The van der Waals surface area contributed by atoms with Crippen molar-refractivity contribution in [1.82, 2.24) is 4.90 Å². The van der Waals surface area contributed by atoms with E-state index in [9.17, 15) is 0 Å². The zero-order chi connectivity index (χ0) is 5.98. The molecule has 0 saturated carbocycles. The van der Waals surface area contributed by atoms with Gasteiger partial charge in [0.25, 0.3) is 0 Å². The zero-order valence-corrected chi connectivity index (χ0v) is 5.09. The third kappa shape index (κ3) is 0.980. The Morgan fingerprint density at radius 3 is 2.88 bits per heavy atom. The molecule has 0 aliphatic carbocycles. The number of rotatable bonds is 0. The molecule has 0 spiro atoms. The minimum absolute atomic E-state index is 0.785. The van der Waals surface area contributed by atoms with Crippen molar-refractivity contribution >= 4 is 5.90 Å². The van der Waals surface area contributed by atoms with Gasteiger partial charge >= 0.3 is 0 Å². The second kappa shape index (κ2) is 2.13. The maximum Gasteiger partial charge on any atom is 0.199 e. The summed E-state index contributed by atoms with van der Waals surface area (Å²) >= 11 is 0. The van der Waals surface area contributed by atoms with Crippen molar-refractivity contribution in [2.75, 3.05) is 20.7 Å². The zero-order valence-electron chi connectivity index (χ0n) is 5.09. The summed E-state index contributed by atoms with van der Waals surface area (Å²) in [6, 6.07) is 0. The van der Waals surface area contributed by atoms with Crippen LogP contribution in [0.4, 0.5) is 0 Å². The van der Waals surface area contributed by atoms with E-state index in [1.807, 2.05) is 11.9 Å². The van der Waals surface area contributed by atoms with Gasteiger partial charge in [-0.3, -0.25) is 4.90 Å². The van der Waals surface area contributed by atoms with Crippen molar-refractivity contribution in [2.45, 2.75) is 0 Å². The summed E-state index contributed by atoms with van der Waals surface area (Å²) in [6.07, 6.45) is 0. The first-order chi connectivity index (χ1) is 3.83. The van der Waals surface area contributed by atoms with Crippen LogP contribution in [0.25, 0.3) is 0 Å². The Kier molecular flexibility index (Phi) is 1.48. The molecule has 8 heavy (non-hydrogen) atoms. The highest BCUT2D eigenvalue weighted by Gasteiger charge is 2.10. The third-order valence-electron chi connectivity index (χ3n) is 1.02. The Hall–Kier alpha value is -0.570. The molecule has 1 radical (unpaired) electrons. The molecule has 0 bridgehead atoms. The highest BCUT2D eigenvalue weighted by molar-refractivity contribution is 5.80. The normalized spacial score (nSPS) is 21.0. The highest BCUT2D eigenvalue weighted by Crippen LogP contribution is 2.00. The van der Waals surface area contributed by atoms with Gasteiger partial charge in [-0.15, -0.1) is 0 Å². The SMILES string of the molecule is COC1=N[CH]N(C)C1. The Morgan fingerprint density at radius 1 is 1.88 bits per heavy atom. The predicted octanol–water partition coefficient (Wildman–Crippen LogP) is 0.0960. The minimum Gasteiger partial charge on any atom is -0.483 e. The van der Waals surface area contributed by atoms with Crippen LogP contribution < -0.4 is 0 Å². The van der Waals surface area contributed by atoms with E-state index in [1.165, 1.54) is 0 Å². The van der Waals surface area contributed by atoms with Crippen LogP contribution in [-0.4, -0.2) is 31.5 Å². The van der Waals surface area contributed by atoms with Crippen LogP contribution >= 0.6 is 0 Å². The first-order valence-corrected chi connectivity index (χ1v) is 2.47. The number of hydrogen-bond donors (Lipinski definition) is 0. The van der Waals surface area contributed by atoms with Crippen LogP contribution in [-0.2, 0) is 4.74 Å². The summed E-state index contributed by atoms with van der Waals surface area (Å²) in [7, 11) is 3.58. The second-order valence-corrected chi connectivity index (χ2v) is 1.76. The Bertz CT molecular complexity index is 111. The number of nitrogens with zero attached hydrogens (tertiary/aromatic N) is 2. The van der Waals surface area contributed by atoms with E-state index in [0.717, 1.165) is 12.4 Å². The van der Waals surface area contributed by atoms with Crippen LogP contribution in [0.5, 0.6) is 0 Å². The van der Waals surface area contributed by atoms with Crippen molar-refractivity contribution in [2.24, 2.45) is 4.99 Å². The van der Waals surface area contributed by atoms with Crippen LogP contribution in [0.2, 0.25) is 0 Å². The van der Waals surface area contributed by atoms with Crippen molar-refractivity contribution in [1.29, 1.82) is 0 Å². The maximum absolute atomic E-state index is 4.86. The first kappa shape index (κ1) is 5.56. The van der Waals surface area contributed by atoms with Crippen molar-refractivity contribution < 1.29 is 4.74 Å². The topological polar surface area (TPSA) is 24.8 Å². The standard InChI is InChI=1S/C5H9N2O/c1-7-3-5(8-2)6-4-7/h4H,3H2,1-2H3. The van der Waals surface area contributed by atoms with E-state index in [0.29, 0.717) is 0 Å². The summed E-state index contributed by atoms with van der Waals surface area (Å²) in [5, 5.41) is 0. The molecule has 0 aromatic rings. The Morgan fingerprint density at radius 2 is 2.62 bits per heavy atom. The van der Waals surface area contributed by atoms with Gasteiger partial charge in [0.05, 0.1) is 13.7 Å². The fraction of sp³-hybridized carbons (Fsp3) is 0.600. The van der Waals surface area contributed by atoms with Gasteiger partial charge in [-0.1, -0.05) is 0 Å². The average Bonchev–Trinajstić information content (AvgIpc) is 2.14. The summed E-state index contributed by atoms with van der Waals surface area (Å²) < 4.78 is 4.86. The number of methoxy groups -OCH3 is 1. The molecule has 3 nitrogen and oxygen atoms in total. The molecule has 0 aromatic carbocycles. The maximum atomic E-state index is 4.86. The molecule has 45 valence electrons. The lowest BCUT2D eigenvalue weighted by molar-refractivity contribution is 0.380. The smallest absolute Gasteiger partial charge is 0.199 e. The molecule has 3 heteroatoms. The van der Waals surface area contributed by atoms with Gasteiger partial charge < -0.3 is 4.74 Å². The monoisotopic (exact) mass is 113 g/mol. The Labute approximate surface area is 49.0 Å². The van der Waals surface area contributed by atoms with Gasteiger partial charge in [0.15, 0.2) is 5.90 Å². The van der Waals surface area contributed by atoms with E-state index in [-0.39, 0.29) is 0 Å². The van der Waals surface area contributed by atoms with E-state index < -0.39 is 0 Å². The molecule has 0 unspecified atom stereocenters. The largest absolute Gasteiger partial charge is 0.483 e. The highest BCUT2D eigenvalue weighted by atomic mass is 16.5. The number of aliphatic imine (C=N–C) groups is 1. The molecule has 1 aliphatic heterocycles. The molecule has 0 amide bonds. The molecule has 0 N–H and O–H groups in total. The fourth-order valence-corrected chi connectivity index (χ4v) is 0.575. The quantitative estimate of drug-likeness (QED) is 0.445. The van der Waals surface area contributed by atoms with Crippen molar-refractivity contribution in [3.05, 3.63) is 6.67 Å². The van der Waals surface area contributed by atoms with Crippen LogP contribution in [0.1, 0.15) is 0 Å².